The first-order valence-electron chi connectivity index (χ1n) is 5.07. The molecule has 1 aromatic rings. The Kier molecular flexibility index (Phi) is 4.57. The summed E-state index contributed by atoms with van der Waals surface area (Å²) < 4.78 is 49.6. The van der Waals surface area contributed by atoms with Crippen LogP contribution in [0.3, 0.4) is 0 Å². The van der Waals surface area contributed by atoms with Crippen molar-refractivity contribution in [2.75, 3.05) is 6.54 Å². The van der Waals surface area contributed by atoms with Crippen molar-refractivity contribution in [2.45, 2.75) is 18.6 Å². The third-order valence-corrected chi connectivity index (χ3v) is 3.20. The van der Waals surface area contributed by atoms with E-state index in [1.165, 1.54) is 0 Å². The van der Waals surface area contributed by atoms with Crippen LogP contribution < -0.4 is 5.32 Å². The lowest BCUT2D eigenvalue weighted by atomic mass is 9.92. The molecule has 0 aromatic heterocycles. The van der Waals surface area contributed by atoms with E-state index in [1.807, 2.05) is 5.32 Å². The molecule has 2 N–H and O–H groups in total. The van der Waals surface area contributed by atoms with Gasteiger partial charge in [-0.3, -0.25) is 5.32 Å². The van der Waals surface area contributed by atoms with Crippen molar-refractivity contribution in [1.82, 2.24) is 5.32 Å². The maximum Gasteiger partial charge on any atom is 0.401 e. The molecule has 0 fully saturated rings. The second kappa shape index (κ2) is 5.46. The van der Waals surface area contributed by atoms with E-state index in [9.17, 15) is 22.4 Å². The largest absolute Gasteiger partial charge is 0.480 e. The molecular formula is C11H10BrF4NO2. The predicted molar refractivity (Wildman–Crippen MR) is 63.1 cm³/mol. The van der Waals surface area contributed by atoms with E-state index in [0.29, 0.717) is 0 Å². The predicted octanol–water partition coefficient (Wildman–Crippen LogP) is 3.04. The number of aliphatic carboxylic acids is 1. The van der Waals surface area contributed by atoms with Crippen molar-refractivity contribution >= 4 is 21.9 Å². The average molecular weight is 344 g/mol. The quantitative estimate of drug-likeness (QED) is 0.826. The Balaban J connectivity index is 3.15. The summed E-state index contributed by atoms with van der Waals surface area (Å²) in [7, 11) is 0. The SMILES string of the molecule is CC(NCC(F)(F)F)(C(=O)O)c1ccc(F)cc1Br. The summed E-state index contributed by atoms with van der Waals surface area (Å²) in [6.07, 6.45) is -4.55. The lowest BCUT2D eigenvalue weighted by molar-refractivity contribution is -0.150. The van der Waals surface area contributed by atoms with Crippen LogP contribution in [0.25, 0.3) is 0 Å². The van der Waals surface area contributed by atoms with Gasteiger partial charge in [-0.25, -0.2) is 9.18 Å². The van der Waals surface area contributed by atoms with Gasteiger partial charge >= 0.3 is 12.1 Å². The van der Waals surface area contributed by atoms with E-state index in [1.54, 1.807) is 0 Å². The Morgan fingerprint density at radius 2 is 2.00 bits per heavy atom. The molecule has 0 spiro atoms. The number of rotatable bonds is 4. The van der Waals surface area contributed by atoms with E-state index in [2.05, 4.69) is 15.9 Å². The highest BCUT2D eigenvalue weighted by molar-refractivity contribution is 9.10. The second-order valence-electron chi connectivity index (χ2n) is 4.02. The summed E-state index contributed by atoms with van der Waals surface area (Å²) in [5.41, 5.74) is -1.98. The van der Waals surface area contributed by atoms with Crippen molar-refractivity contribution < 1.29 is 27.5 Å². The van der Waals surface area contributed by atoms with Crippen molar-refractivity contribution in [3.05, 3.63) is 34.1 Å². The van der Waals surface area contributed by atoms with Crippen LogP contribution in [0.5, 0.6) is 0 Å². The number of halogens is 5. The molecule has 1 atom stereocenters. The van der Waals surface area contributed by atoms with E-state index in [0.717, 1.165) is 25.1 Å². The summed E-state index contributed by atoms with van der Waals surface area (Å²) in [5.74, 6) is -2.12. The smallest absolute Gasteiger partial charge is 0.401 e. The Bertz CT molecular complexity index is 492. The van der Waals surface area contributed by atoms with Crippen LogP contribution in [0.15, 0.2) is 22.7 Å². The molecule has 0 radical (unpaired) electrons. The van der Waals surface area contributed by atoms with Crippen LogP contribution in [-0.2, 0) is 10.3 Å². The third kappa shape index (κ3) is 3.90. The summed E-state index contributed by atoms with van der Waals surface area (Å²) in [6, 6.07) is 3.10. The minimum atomic E-state index is -4.55. The topological polar surface area (TPSA) is 49.3 Å². The molecule has 0 aliphatic rings. The van der Waals surface area contributed by atoms with Gasteiger partial charge in [-0.2, -0.15) is 13.2 Å². The first kappa shape index (κ1) is 15.9. The zero-order valence-corrected chi connectivity index (χ0v) is 11.3. The lowest BCUT2D eigenvalue weighted by Gasteiger charge is -2.28. The minimum absolute atomic E-state index is 0.00523. The molecule has 8 heteroatoms. The van der Waals surface area contributed by atoms with Gasteiger partial charge in [0.1, 0.15) is 11.4 Å². The first-order valence-corrected chi connectivity index (χ1v) is 5.86. The summed E-state index contributed by atoms with van der Waals surface area (Å²) in [4.78, 5) is 11.2. The monoisotopic (exact) mass is 343 g/mol. The Morgan fingerprint density at radius 1 is 1.42 bits per heavy atom. The van der Waals surface area contributed by atoms with Gasteiger partial charge in [-0.1, -0.05) is 22.0 Å². The fourth-order valence-corrected chi connectivity index (χ4v) is 2.21. The van der Waals surface area contributed by atoms with Crippen molar-refractivity contribution in [3.63, 3.8) is 0 Å². The number of hydrogen-bond acceptors (Lipinski definition) is 2. The molecule has 1 rings (SSSR count). The standard InChI is InChI=1S/C11H10BrF4NO2/c1-10(9(18)19,17-5-11(14,15)16)7-3-2-6(13)4-8(7)12/h2-4,17H,5H2,1H3,(H,18,19). The number of nitrogens with one attached hydrogen (secondary N) is 1. The van der Waals surface area contributed by atoms with Gasteiger partial charge < -0.3 is 5.11 Å². The summed E-state index contributed by atoms with van der Waals surface area (Å²) >= 11 is 2.95. The van der Waals surface area contributed by atoms with Crippen molar-refractivity contribution in [1.29, 1.82) is 0 Å². The second-order valence-corrected chi connectivity index (χ2v) is 4.88. The van der Waals surface area contributed by atoms with E-state index >= 15 is 0 Å². The number of hydrogen-bond donors (Lipinski definition) is 2. The van der Waals surface area contributed by atoms with Crippen molar-refractivity contribution in [2.24, 2.45) is 0 Å². The number of carboxylic acids is 1. The van der Waals surface area contributed by atoms with E-state index in [4.69, 9.17) is 5.11 Å². The van der Waals surface area contributed by atoms with Gasteiger partial charge in [0.15, 0.2) is 0 Å². The van der Waals surface area contributed by atoms with Gasteiger partial charge in [-0.15, -0.1) is 0 Å². The maximum absolute atomic E-state index is 12.9. The van der Waals surface area contributed by atoms with Gasteiger partial charge in [-0.05, 0) is 24.6 Å². The van der Waals surface area contributed by atoms with Crippen LogP contribution in [0.4, 0.5) is 17.6 Å². The average Bonchev–Trinajstić information content (AvgIpc) is 2.24. The number of alkyl halides is 3. The van der Waals surface area contributed by atoms with Gasteiger partial charge in [0.05, 0.1) is 6.54 Å². The molecular weight excluding hydrogens is 334 g/mol. The molecule has 3 nitrogen and oxygen atoms in total. The molecule has 19 heavy (non-hydrogen) atoms. The highest BCUT2D eigenvalue weighted by atomic mass is 79.9. The van der Waals surface area contributed by atoms with Crippen LogP contribution in [0.2, 0.25) is 0 Å². The molecule has 0 saturated carbocycles. The molecule has 0 bridgehead atoms. The summed E-state index contributed by atoms with van der Waals surface area (Å²) in [5, 5.41) is 11.1. The molecule has 1 unspecified atom stereocenters. The van der Waals surface area contributed by atoms with E-state index in [-0.39, 0.29) is 10.0 Å². The highest BCUT2D eigenvalue weighted by Crippen LogP contribution is 2.30. The summed E-state index contributed by atoms with van der Waals surface area (Å²) in [6.45, 7) is -0.390. The number of benzene rings is 1. The van der Waals surface area contributed by atoms with Crippen molar-refractivity contribution in [3.8, 4) is 0 Å². The maximum atomic E-state index is 12.9. The van der Waals surface area contributed by atoms with Crippen LogP contribution in [-0.4, -0.2) is 23.8 Å². The number of carboxylic acid groups (broad SMARTS) is 1. The fraction of sp³-hybridized carbons (Fsp3) is 0.364. The van der Waals surface area contributed by atoms with Crippen LogP contribution in [0, 0.1) is 5.82 Å². The third-order valence-electron chi connectivity index (χ3n) is 2.54. The van der Waals surface area contributed by atoms with Crippen LogP contribution >= 0.6 is 15.9 Å². The van der Waals surface area contributed by atoms with E-state index < -0.39 is 30.0 Å². The highest BCUT2D eigenvalue weighted by Gasteiger charge is 2.40. The lowest BCUT2D eigenvalue weighted by Crippen LogP contribution is -2.50. The molecule has 0 aliphatic carbocycles. The molecule has 0 saturated heterocycles. The zero-order chi connectivity index (χ0) is 14.8. The Hall–Kier alpha value is -1.15. The normalized spacial score (nSPS) is 15.1. The Morgan fingerprint density at radius 3 is 2.42 bits per heavy atom. The van der Waals surface area contributed by atoms with Gasteiger partial charge in [0.25, 0.3) is 0 Å². The Labute approximate surface area is 114 Å². The van der Waals surface area contributed by atoms with Gasteiger partial charge in [0.2, 0.25) is 0 Å². The molecule has 0 amide bonds. The minimum Gasteiger partial charge on any atom is -0.480 e. The molecule has 1 aromatic carbocycles. The zero-order valence-electron chi connectivity index (χ0n) is 9.68. The number of carbonyl (C=O) groups is 1. The molecule has 106 valence electrons. The van der Waals surface area contributed by atoms with Gasteiger partial charge in [0, 0.05) is 4.47 Å². The van der Waals surface area contributed by atoms with Crippen LogP contribution in [0.1, 0.15) is 12.5 Å². The molecule has 0 aliphatic heterocycles. The fourth-order valence-electron chi connectivity index (χ4n) is 1.46. The first-order chi connectivity index (χ1) is 8.56. The molecule has 0 heterocycles.